The van der Waals surface area contributed by atoms with Gasteiger partial charge in [-0.25, -0.2) is 0 Å². The van der Waals surface area contributed by atoms with Crippen molar-refractivity contribution in [2.24, 2.45) is 0 Å². The van der Waals surface area contributed by atoms with Crippen LogP contribution in [-0.4, -0.2) is 18.8 Å². The van der Waals surface area contributed by atoms with Gasteiger partial charge >= 0.3 is 0 Å². The maximum Gasteiger partial charge on any atom is 0.238 e. The molecule has 0 radical (unpaired) electrons. The van der Waals surface area contributed by atoms with E-state index in [0.29, 0.717) is 11.5 Å². The minimum atomic E-state index is -0.0936. The van der Waals surface area contributed by atoms with Crippen LogP contribution >= 0.6 is 11.8 Å². The van der Waals surface area contributed by atoms with Crippen molar-refractivity contribution in [3.05, 3.63) is 84.4 Å². The van der Waals surface area contributed by atoms with Crippen LogP contribution in [0.3, 0.4) is 0 Å². The first kappa shape index (κ1) is 17.5. The fraction of sp³-hybridized carbons (Fsp3) is 0.136. The van der Waals surface area contributed by atoms with Crippen LogP contribution in [0.4, 0.5) is 5.69 Å². The molecule has 4 nitrogen and oxygen atoms in total. The zero-order chi connectivity index (χ0) is 18.6. The SMILES string of the molecule is COc1ccc(C2SCC(=O)N2c2ccccc2Oc2ccccc2)cc1. The number of amides is 1. The van der Waals surface area contributed by atoms with E-state index >= 15 is 0 Å². The Morgan fingerprint density at radius 1 is 0.889 bits per heavy atom. The number of methoxy groups -OCH3 is 1. The first-order valence-corrected chi connectivity index (χ1v) is 9.70. The Bertz CT molecular complexity index is 928. The highest BCUT2D eigenvalue weighted by Gasteiger charge is 2.35. The minimum Gasteiger partial charge on any atom is -0.497 e. The molecular weight excluding hydrogens is 358 g/mol. The van der Waals surface area contributed by atoms with Crippen LogP contribution in [0.5, 0.6) is 17.2 Å². The maximum atomic E-state index is 12.7. The van der Waals surface area contributed by atoms with Gasteiger partial charge in [-0.2, -0.15) is 0 Å². The normalized spacial score (nSPS) is 16.4. The Labute approximate surface area is 162 Å². The van der Waals surface area contributed by atoms with Gasteiger partial charge in [0, 0.05) is 0 Å². The Morgan fingerprint density at radius 2 is 1.59 bits per heavy atom. The van der Waals surface area contributed by atoms with Gasteiger partial charge in [-0.1, -0.05) is 42.5 Å². The van der Waals surface area contributed by atoms with Crippen molar-refractivity contribution >= 4 is 23.4 Å². The lowest BCUT2D eigenvalue weighted by Crippen LogP contribution is -2.28. The zero-order valence-corrected chi connectivity index (χ0v) is 15.7. The topological polar surface area (TPSA) is 38.8 Å². The summed E-state index contributed by atoms with van der Waals surface area (Å²) in [4.78, 5) is 14.5. The molecule has 1 fully saturated rings. The highest BCUT2D eigenvalue weighted by atomic mass is 32.2. The quantitative estimate of drug-likeness (QED) is 0.607. The first-order valence-electron chi connectivity index (χ1n) is 8.66. The van der Waals surface area contributed by atoms with E-state index in [-0.39, 0.29) is 11.3 Å². The monoisotopic (exact) mass is 377 g/mol. The average Bonchev–Trinajstić information content (AvgIpc) is 3.10. The summed E-state index contributed by atoms with van der Waals surface area (Å²) in [5.74, 6) is 2.72. The fourth-order valence-corrected chi connectivity index (χ4v) is 4.23. The smallest absolute Gasteiger partial charge is 0.238 e. The summed E-state index contributed by atoms with van der Waals surface area (Å²) in [6.07, 6.45) is 0. The lowest BCUT2D eigenvalue weighted by Gasteiger charge is -2.26. The summed E-state index contributed by atoms with van der Waals surface area (Å²) >= 11 is 1.61. The van der Waals surface area contributed by atoms with E-state index in [9.17, 15) is 4.79 Å². The molecule has 4 rings (SSSR count). The lowest BCUT2D eigenvalue weighted by atomic mass is 10.1. The number of anilines is 1. The van der Waals surface area contributed by atoms with E-state index in [4.69, 9.17) is 9.47 Å². The summed E-state index contributed by atoms with van der Waals surface area (Å²) in [5.41, 5.74) is 1.83. The third-order valence-electron chi connectivity index (χ3n) is 4.36. The molecule has 1 heterocycles. The average molecular weight is 377 g/mol. The van der Waals surface area contributed by atoms with Crippen molar-refractivity contribution in [3.63, 3.8) is 0 Å². The molecule has 1 aliphatic heterocycles. The van der Waals surface area contributed by atoms with Crippen LogP contribution < -0.4 is 14.4 Å². The lowest BCUT2D eigenvalue weighted by molar-refractivity contribution is -0.115. The number of hydrogen-bond acceptors (Lipinski definition) is 4. The van der Waals surface area contributed by atoms with Gasteiger partial charge in [-0.15, -0.1) is 11.8 Å². The van der Waals surface area contributed by atoms with Crippen LogP contribution in [-0.2, 0) is 4.79 Å². The van der Waals surface area contributed by atoms with E-state index in [1.165, 1.54) is 0 Å². The van der Waals surface area contributed by atoms with Gasteiger partial charge in [-0.3, -0.25) is 9.69 Å². The largest absolute Gasteiger partial charge is 0.497 e. The first-order chi connectivity index (χ1) is 13.3. The molecule has 1 amide bonds. The molecular formula is C22H19NO3S. The van der Waals surface area contributed by atoms with E-state index in [0.717, 1.165) is 22.7 Å². The number of nitrogens with zero attached hydrogens (tertiary/aromatic N) is 1. The zero-order valence-electron chi connectivity index (χ0n) is 14.9. The highest BCUT2D eigenvalue weighted by molar-refractivity contribution is 8.00. The van der Waals surface area contributed by atoms with E-state index in [2.05, 4.69) is 0 Å². The number of carbonyl (C=O) groups is 1. The molecule has 27 heavy (non-hydrogen) atoms. The van der Waals surface area contributed by atoms with Crippen LogP contribution in [0.15, 0.2) is 78.9 Å². The number of rotatable bonds is 5. The highest BCUT2D eigenvalue weighted by Crippen LogP contribution is 2.45. The summed E-state index contributed by atoms with van der Waals surface area (Å²) in [5, 5.41) is -0.0936. The molecule has 1 unspecified atom stereocenters. The van der Waals surface area contributed by atoms with Gasteiger partial charge < -0.3 is 9.47 Å². The molecule has 0 bridgehead atoms. The molecule has 0 saturated carbocycles. The van der Waals surface area contributed by atoms with Gasteiger partial charge in [0.05, 0.1) is 18.6 Å². The predicted molar refractivity (Wildman–Crippen MR) is 109 cm³/mol. The minimum absolute atomic E-state index is 0.0740. The van der Waals surface area contributed by atoms with Gasteiger partial charge in [0.1, 0.15) is 16.9 Å². The Morgan fingerprint density at radius 3 is 2.33 bits per heavy atom. The van der Waals surface area contributed by atoms with Crippen LogP contribution in [0.25, 0.3) is 0 Å². The molecule has 1 saturated heterocycles. The maximum absolute atomic E-state index is 12.7. The van der Waals surface area contributed by atoms with Gasteiger partial charge in [-0.05, 0) is 42.0 Å². The van der Waals surface area contributed by atoms with Crippen molar-refractivity contribution in [3.8, 4) is 17.2 Å². The van der Waals surface area contributed by atoms with Crippen molar-refractivity contribution in [2.75, 3.05) is 17.8 Å². The van der Waals surface area contributed by atoms with Crippen molar-refractivity contribution < 1.29 is 14.3 Å². The van der Waals surface area contributed by atoms with Crippen LogP contribution in [0.2, 0.25) is 0 Å². The second kappa shape index (κ2) is 7.76. The fourth-order valence-electron chi connectivity index (χ4n) is 3.06. The third kappa shape index (κ3) is 3.64. The molecule has 0 aromatic heterocycles. The molecule has 0 aliphatic carbocycles. The summed E-state index contributed by atoms with van der Waals surface area (Å²) in [6, 6.07) is 25.1. The molecule has 3 aromatic rings. The van der Waals surface area contributed by atoms with Crippen LogP contribution in [0, 0.1) is 0 Å². The number of ether oxygens (including phenoxy) is 2. The predicted octanol–water partition coefficient (Wildman–Crippen LogP) is 5.27. The summed E-state index contributed by atoms with van der Waals surface area (Å²) in [6.45, 7) is 0. The molecule has 0 N–H and O–H groups in total. The third-order valence-corrected chi connectivity index (χ3v) is 5.58. The Hall–Kier alpha value is -2.92. The van der Waals surface area contributed by atoms with Crippen molar-refractivity contribution in [1.82, 2.24) is 0 Å². The second-order valence-corrected chi connectivity index (χ2v) is 7.15. The second-order valence-electron chi connectivity index (χ2n) is 6.08. The number of para-hydroxylation sites is 3. The van der Waals surface area contributed by atoms with Crippen molar-refractivity contribution in [2.45, 2.75) is 5.37 Å². The number of thioether (sulfide) groups is 1. The van der Waals surface area contributed by atoms with Gasteiger partial charge in [0.25, 0.3) is 0 Å². The molecule has 136 valence electrons. The van der Waals surface area contributed by atoms with Crippen LogP contribution in [0.1, 0.15) is 10.9 Å². The summed E-state index contributed by atoms with van der Waals surface area (Å²) in [7, 11) is 1.65. The van der Waals surface area contributed by atoms with E-state index in [1.807, 2.05) is 83.8 Å². The molecule has 5 heteroatoms. The van der Waals surface area contributed by atoms with E-state index < -0.39 is 0 Å². The van der Waals surface area contributed by atoms with Gasteiger partial charge in [0.2, 0.25) is 5.91 Å². The standard InChI is InChI=1S/C22H19NO3S/c1-25-17-13-11-16(12-14-17)22-23(21(24)15-27-22)19-9-5-6-10-20(19)26-18-7-3-2-4-8-18/h2-14,22H,15H2,1H3. The Balaban J connectivity index is 1.69. The van der Waals surface area contributed by atoms with Gasteiger partial charge in [0.15, 0.2) is 5.75 Å². The molecule has 1 aliphatic rings. The molecule has 0 spiro atoms. The van der Waals surface area contributed by atoms with E-state index in [1.54, 1.807) is 18.9 Å². The summed E-state index contributed by atoms with van der Waals surface area (Å²) < 4.78 is 11.3. The molecule has 3 aromatic carbocycles. The number of hydrogen-bond donors (Lipinski definition) is 0. The number of carbonyl (C=O) groups excluding carboxylic acids is 1. The van der Waals surface area contributed by atoms with Crippen molar-refractivity contribution in [1.29, 1.82) is 0 Å². The molecule has 1 atom stereocenters. The Kier molecular flexibility index (Phi) is 5.03. The number of benzene rings is 3.